The highest BCUT2D eigenvalue weighted by atomic mass is 16.7. The van der Waals surface area contributed by atoms with Gasteiger partial charge in [-0.1, -0.05) is 29.8 Å². The van der Waals surface area contributed by atoms with E-state index in [1.807, 2.05) is 0 Å². The van der Waals surface area contributed by atoms with Gasteiger partial charge in [0.15, 0.2) is 11.5 Å². The summed E-state index contributed by atoms with van der Waals surface area (Å²) >= 11 is 0. The van der Waals surface area contributed by atoms with Crippen LogP contribution in [0, 0.1) is 6.92 Å². The van der Waals surface area contributed by atoms with Crippen LogP contribution in [0.5, 0.6) is 11.5 Å². The molecule has 1 N–H and O–H groups in total. The molecule has 148 valence electrons. The number of rotatable bonds is 4. The van der Waals surface area contributed by atoms with Gasteiger partial charge in [-0.2, -0.15) is 0 Å². The average Bonchev–Trinajstić information content (AvgIpc) is 3.38. The number of carbonyl (C=O) groups is 1. The number of hydrogen-bond acceptors (Lipinski definition) is 5. The zero-order chi connectivity index (χ0) is 19.8. The number of aromatic nitrogens is 2. The number of amides is 1. The number of nitrogens with one attached hydrogen (secondary N) is 1. The molecule has 1 atom stereocenters. The molecule has 7 heteroatoms. The molecule has 7 nitrogen and oxygen atoms in total. The molecule has 5 rings (SSSR count). The smallest absolute Gasteiger partial charge is 0.251 e. The third-order valence-electron chi connectivity index (χ3n) is 5.18. The number of imidazole rings is 1. The quantitative estimate of drug-likeness (QED) is 0.740. The van der Waals surface area contributed by atoms with Crippen LogP contribution in [-0.4, -0.2) is 34.9 Å². The van der Waals surface area contributed by atoms with Gasteiger partial charge in [0.2, 0.25) is 6.79 Å². The van der Waals surface area contributed by atoms with E-state index < -0.39 is 0 Å². The first-order chi connectivity index (χ1) is 14.2. The van der Waals surface area contributed by atoms with Crippen LogP contribution in [0.25, 0.3) is 11.3 Å². The fourth-order valence-electron chi connectivity index (χ4n) is 3.53. The van der Waals surface area contributed by atoms with Gasteiger partial charge in [-0.15, -0.1) is 0 Å². The summed E-state index contributed by atoms with van der Waals surface area (Å²) in [7, 11) is 0. The third kappa shape index (κ3) is 3.56. The van der Waals surface area contributed by atoms with Crippen molar-refractivity contribution in [2.45, 2.75) is 26.2 Å². The lowest BCUT2D eigenvalue weighted by atomic mass is 10.1. The molecule has 0 spiro atoms. The van der Waals surface area contributed by atoms with Crippen molar-refractivity contribution in [3.05, 3.63) is 65.6 Å². The second kappa shape index (κ2) is 7.25. The van der Waals surface area contributed by atoms with Crippen LogP contribution in [0.1, 0.15) is 21.7 Å². The van der Waals surface area contributed by atoms with Crippen molar-refractivity contribution in [3.8, 4) is 22.8 Å². The van der Waals surface area contributed by atoms with E-state index in [9.17, 15) is 4.79 Å². The molecule has 0 fully saturated rings. The Hall–Kier alpha value is -3.32. The Morgan fingerprint density at radius 1 is 1.17 bits per heavy atom. The molecule has 3 aromatic rings. The zero-order valence-corrected chi connectivity index (χ0v) is 16.1. The van der Waals surface area contributed by atoms with E-state index in [-0.39, 0.29) is 18.8 Å². The topological polar surface area (TPSA) is 74.6 Å². The molecule has 1 unspecified atom stereocenters. The van der Waals surface area contributed by atoms with Gasteiger partial charge in [-0.05, 0) is 25.1 Å². The summed E-state index contributed by atoms with van der Waals surface area (Å²) < 4.78 is 18.6. The fourth-order valence-corrected chi connectivity index (χ4v) is 3.53. The minimum absolute atomic E-state index is 0.111. The maximum atomic E-state index is 12.5. The fraction of sp³-hybridized carbons (Fsp3) is 0.273. The lowest BCUT2D eigenvalue weighted by Gasteiger charge is -2.24. The molecule has 1 aromatic heterocycles. The number of benzene rings is 2. The van der Waals surface area contributed by atoms with E-state index in [0.717, 1.165) is 17.1 Å². The van der Waals surface area contributed by atoms with Crippen LogP contribution in [-0.2, 0) is 17.9 Å². The Kier molecular flexibility index (Phi) is 4.44. The van der Waals surface area contributed by atoms with E-state index in [1.165, 1.54) is 5.56 Å². The van der Waals surface area contributed by atoms with Crippen molar-refractivity contribution in [1.82, 2.24) is 14.9 Å². The van der Waals surface area contributed by atoms with Crippen LogP contribution in [0.2, 0.25) is 0 Å². The van der Waals surface area contributed by atoms with E-state index in [0.29, 0.717) is 36.8 Å². The Labute approximate surface area is 168 Å². The third-order valence-corrected chi connectivity index (χ3v) is 5.18. The van der Waals surface area contributed by atoms with Gasteiger partial charge in [0, 0.05) is 23.9 Å². The van der Waals surface area contributed by atoms with Gasteiger partial charge in [0.05, 0.1) is 18.3 Å². The summed E-state index contributed by atoms with van der Waals surface area (Å²) in [5.41, 5.74) is 3.79. The minimum Gasteiger partial charge on any atom is -0.454 e. The van der Waals surface area contributed by atoms with Gasteiger partial charge >= 0.3 is 0 Å². The van der Waals surface area contributed by atoms with Crippen LogP contribution in [0.15, 0.2) is 48.7 Å². The SMILES string of the molecule is Cc1ccc(-c2cn3c(n2)COC(CNC(=O)c2ccc4c(c2)OCO4)C3)cc1. The molecule has 0 saturated heterocycles. The summed E-state index contributed by atoms with van der Waals surface area (Å²) in [5.74, 6) is 2.00. The Morgan fingerprint density at radius 2 is 2.00 bits per heavy atom. The molecule has 2 aliphatic rings. The summed E-state index contributed by atoms with van der Waals surface area (Å²) in [4.78, 5) is 17.2. The number of aryl methyl sites for hydroxylation is 1. The van der Waals surface area contributed by atoms with Crippen molar-refractivity contribution < 1.29 is 19.0 Å². The Morgan fingerprint density at radius 3 is 2.86 bits per heavy atom. The number of carbonyl (C=O) groups excluding carboxylic acids is 1. The standard InChI is InChI=1S/C22H21N3O4/c1-14-2-4-15(5-3-14)18-11-25-10-17(27-12-21(25)24-18)9-23-22(26)16-6-7-19-20(8-16)29-13-28-19/h2-8,11,17H,9-10,12-13H2,1H3,(H,23,26). The molecule has 0 bridgehead atoms. The van der Waals surface area contributed by atoms with Crippen molar-refractivity contribution in [2.75, 3.05) is 13.3 Å². The summed E-state index contributed by atoms with van der Waals surface area (Å²) in [5, 5.41) is 2.94. The Bertz CT molecular complexity index is 1060. The molecule has 0 saturated carbocycles. The summed E-state index contributed by atoms with van der Waals surface area (Å²) in [6.45, 7) is 3.75. The molecule has 0 radical (unpaired) electrons. The molecule has 0 aliphatic carbocycles. The minimum atomic E-state index is -0.163. The zero-order valence-electron chi connectivity index (χ0n) is 16.1. The molecule has 1 amide bonds. The average molecular weight is 391 g/mol. The Balaban J connectivity index is 1.22. The second-order valence-corrected chi connectivity index (χ2v) is 7.27. The highest BCUT2D eigenvalue weighted by Crippen LogP contribution is 2.32. The maximum Gasteiger partial charge on any atom is 0.251 e. The van der Waals surface area contributed by atoms with Crippen LogP contribution >= 0.6 is 0 Å². The maximum absolute atomic E-state index is 12.5. The molecule has 3 heterocycles. The van der Waals surface area contributed by atoms with Crippen LogP contribution in [0.3, 0.4) is 0 Å². The lowest BCUT2D eigenvalue weighted by molar-refractivity contribution is 0.00327. The first-order valence-corrected chi connectivity index (χ1v) is 9.58. The van der Waals surface area contributed by atoms with Crippen molar-refractivity contribution in [1.29, 1.82) is 0 Å². The monoisotopic (exact) mass is 391 g/mol. The van der Waals surface area contributed by atoms with Crippen LogP contribution < -0.4 is 14.8 Å². The van der Waals surface area contributed by atoms with E-state index in [1.54, 1.807) is 18.2 Å². The van der Waals surface area contributed by atoms with Crippen molar-refractivity contribution in [3.63, 3.8) is 0 Å². The number of ether oxygens (including phenoxy) is 3. The highest BCUT2D eigenvalue weighted by Gasteiger charge is 2.23. The first-order valence-electron chi connectivity index (χ1n) is 9.58. The van der Waals surface area contributed by atoms with Gasteiger partial charge < -0.3 is 24.1 Å². The molecular weight excluding hydrogens is 370 g/mol. The van der Waals surface area contributed by atoms with Gasteiger partial charge in [-0.3, -0.25) is 4.79 Å². The van der Waals surface area contributed by atoms with E-state index in [4.69, 9.17) is 14.2 Å². The van der Waals surface area contributed by atoms with E-state index in [2.05, 4.69) is 52.3 Å². The van der Waals surface area contributed by atoms with Gasteiger partial charge in [-0.25, -0.2) is 4.98 Å². The van der Waals surface area contributed by atoms with Gasteiger partial charge in [0.1, 0.15) is 12.4 Å². The summed E-state index contributed by atoms with van der Waals surface area (Å²) in [6, 6.07) is 13.5. The lowest BCUT2D eigenvalue weighted by Crippen LogP contribution is -2.38. The normalized spacial score (nSPS) is 17.1. The highest BCUT2D eigenvalue weighted by molar-refractivity contribution is 5.94. The molecule has 2 aromatic carbocycles. The second-order valence-electron chi connectivity index (χ2n) is 7.27. The van der Waals surface area contributed by atoms with Crippen molar-refractivity contribution in [2.24, 2.45) is 0 Å². The molecular formula is C22H21N3O4. The van der Waals surface area contributed by atoms with Crippen molar-refractivity contribution >= 4 is 5.91 Å². The number of hydrogen-bond donors (Lipinski definition) is 1. The molecule has 2 aliphatic heterocycles. The molecule has 29 heavy (non-hydrogen) atoms. The first kappa shape index (κ1) is 17.8. The van der Waals surface area contributed by atoms with Crippen LogP contribution in [0.4, 0.5) is 0 Å². The largest absolute Gasteiger partial charge is 0.454 e. The summed E-state index contributed by atoms with van der Waals surface area (Å²) in [6.07, 6.45) is 1.94. The predicted molar refractivity (Wildman–Crippen MR) is 106 cm³/mol. The number of nitrogens with zero attached hydrogens (tertiary/aromatic N) is 2. The predicted octanol–water partition coefficient (Wildman–Crippen LogP) is 2.92. The number of fused-ring (bicyclic) bond motifs is 2. The van der Waals surface area contributed by atoms with E-state index >= 15 is 0 Å². The van der Waals surface area contributed by atoms with Gasteiger partial charge in [0.25, 0.3) is 5.91 Å².